The van der Waals surface area contributed by atoms with Crippen LogP contribution in [0.3, 0.4) is 0 Å². The standard InChI is InChI=1S/C27H18FNO5/c1-14-9-11-17(12-10-14)29-25(32)20-21(26(29)33)27(34-22(20)15-5-4-6-16(28)13-15)23(30)18-7-2-3-8-19(18)24(27)31/h2-13,20-22H,1H3/t20-,21+,22+/m0/s1. The third-order valence-corrected chi connectivity index (χ3v) is 6.99. The van der Waals surface area contributed by atoms with Crippen molar-refractivity contribution in [1.29, 1.82) is 0 Å². The Balaban J connectivity index is 1.55. The number of Topliss-reactive ketones (excluding diaryl/α,β-unsaturated/α-hetero) is 2. The summed E-state index contributed by atoms with van der Waals surface area (Å²) in [5, 5.41) is 0. The van der Waals surface area contributed by atoms with Gasteiger partial charge >= 0.3 is 0 Å². The van der Waals surface area contributed by atoms with Crippen LogP contribution in [-0.4, -0.2) is 29.0 Å². The average Bonchev–Trinajstić information content (AvgIpc) is 3.40. The van der Waals surface area contributed by atoms with E-state index in [1.807, 2.05) is 6.92 Å². The fourth-order valence-corrected chi connectivity index (χ4v) is 5.45. The minimum atomic E-state index is -2.17. The fourth-order valence-electron chi connectivity index (χ4n) is 5.45. The van der Waals surface area contributed by atoms with E-state index < -0.39 is 52.7 Å². The molecule has 1 spiro atoms. The van der Waals surface area contributed by atoms with Crippen molar-refractivity contribution >= 4 is 29.1 Å². The lowest BCUT2D eigenvalue weighted by atomic mass is 9.77. The predicted molar refractivity (Wildman–Crippen MR) is 119 cm³/mol. The summed E-state index contributed by atoms with van der Waals surface area (Å²) in [7, 11) is 0. The summed E-state index contributed by atoms with van der Waals surface area (Å²) >= 11 is 0. The minimum absolute atomic E-state index is 0.153. The van der Waals surface area contributed by atoms with Crippen molar-refractivity contribution in [1.82, 2.24) is 0 Å². The first-order valence-corrected chi connectivity index (χ1v) is 10.9. The zero-order valence-corrected chi connectivity index (χ0v) is 18.0. The maximum Gasteiger partial charge on any atom is 0.241 e. The minimum Gasteiger partial charge on any atom is -0.349 e. The molecule has 34 heavy (non-hydrogen) atoms. The van der Waals surface area contributed by atoms with E-state index in [0.29, 0.717) is 5.69 Å². The number of hydrogen-bond donors (Lipinski definition) is 0. The third kappa shape index (κ3) is 2.53. The number of anilines is 1. The molecular formula is C27H18FNO5. The van der Waals surface area contributed by atoms with E-state index >= 15 is 0 Å². The Labute approximate surface area is 193 Å². The molecule has 6 rings (SSSR count). The number of hydrogen-bond acceptors (Lipinski definition) is 5. The number of carbonyl (C=O) groups excluding carboxylic acids is 4. The van der Waals surface area contributed by atoms with Crippen LogP contribution in [0.5, 0.6) is 0 Å². The van der Waals surface area contributed by atoms with Crippen LogP contribution in [0.1, 0.15) is 37.9 Å². The molecule has 3 aliphatic rings. The molecule has 2 saturated heterocycles. The zero-order valence-electron chi connectivity index (χ0n) is 18.0. The maximum absolute atomic E-state index is 14.1. The lowest BCUT2D eigenvalue weighted by Gasteiger charge is -2.27. The van der Waals surface area contributed by atoms with Crippen molar-refractivity contribution in [3.8, 4) is 0 Å². The molecule has 2 fully saturated rings. The second-order valence-electron chi connectivity index (χ2n) is 8.88. The van der Waals surface area contributed by atoms with Gasteiger partial charge in [-0.1, -0.05) is 54.1 Å². The highest BCUT2D eigenvalue weighted by Crippen LogP contribution is 2.57. The Bertz CT molecular complexity index is 1380. The molecule has 0 saturated carbocycles. The number of benzene rings is 3. The molecule has 0 unspecified atom stereocenters. The van der Waals surface area contributed by atoms with E-state index in [1.165, 1.54) is 30.3 Å². The largest absolute Gasteiger partial charge is 0.349 e. The zero-order chi connectivity index (χ0) is 23.8. The molecule has 3 aromatic carbocycles. The van der Waals surface area contributed by atoms with Gasteiger partial charge in [0.1, 0.15) is 5.82 Å². The first-order chi connectivity index (χ1) is 16.3. The van der Waals surface area contributed by atoms with Crippen LogP contribution in [0.15, 0.2) is 72.8 Å². The molecule has 1 aliphatic carbocycles. The second-order valence-corrected chi connectivity index (χ2v) is 8.88. The van der Waals surface area contributed by atoms with Crippen molar-refractivity contribution in [2.75, 3.05) is 4.90 Å². The second kappa shape index (κ2) is 7.01. The molecule has 6 nitrogen and oxygen atoms in total. The van der Waals surface area contributed by atoms with Gasteiger partial charge in [0.2, 0.25) is 29.0 Å². The average molecular weight is 455 g/mol. The smallest absolute Gasteiger partial charge is 0.241 e. The molecular weight excluding hydrogens is 437 g/mol. The summed E-state index contributed by atoms with van der Waals surface area (Å²) in [5.74, 6) is -5.62. The van der Waals surface area contributed by atoms with Crippen molar-refractivity contribution in [3.63, 3.8) is 0 Å². The Morgan fingerprint density at radius 2 is 1.47 bits per heavy atom. The summed E-state index contributed by atoms with van der Waals surface area (Å²) in [5.41, 5.74) is -0.288. The molecule has 2 aliphatic heterocycles. The highest BCUT2D eigenvalue weighted by molar-refractivity contribution is 6.37. The molecule has 168 valence electrons. The normalized spacial score (nSPS) is 24.8. The van der Waals surface area contributed by atoms with Crippen LogP contribution >= 0.6 is 0 Å². The number of fused-ring (bicyclic) bond motifs is 3. The Hall–Kier alpha value is -3.97. The van der Waals surface area contributed by atoms with Gasteiger partial charge in [-0.3, -0.25) is 19.2 Å². The van der Waals surface area contributed by atoms with Gasteiger partial charge < -0.3 is 4.74 Å². The van der Waals surface area contributed by atoms with Crippen molar-refractivity contribution < 1.29 is 28.3 Å². The van der Waals surface area contributed by atoms with Gasteiger partial charge in [-0.05, 0) is 36.8 Å². The number of nitrogens with zero attached hydrogens (tertiary/aromatic N) is 1. The third-order valence-electron chi connectivity index (χ3n) is 6.99. The molecule has 0 N–H and O–H groups in total. The molecule has 2 amide bonds. The van der Waals surface area contributed by atoms with E-state index in [9.17, 15) is 23.6 Å². The molecule has 7 heteroatoms. The van der Waals surface area contributed by atoms with E-state index in [1.54, 1.807) is 42.5 Å². The number of amides is 2. The maximum atomic E-state index is 14.1. The van der Waals surface area contributed by atoms with Gasteiger partial charge in [0.15, 0.2) is 0 Å². The van der Waals surface area contributed by atoms with E-state index in [0.717, 1.165) is 10.5 Å². The summed E-state index contributed by atoms with van der Waals surface area (Å²) in [4.78, 5) is 55.8. The Morgan fingerprint density at radius 3 is 2.09 bits per heavy atom. The highest BCUT2D eigenvalue weighted by atomic mass is 19.1. The van der Waals surface area contributed by atoms with Crippen molar-refractivity contribution in [2.24, 2.45) is 11.8 Å². The topological polar surface area (TPSA) is 80.8 Å². The van der Waals surface area contributed by atoms with E-state index in [4.69, 9.17) is 4.74 Å². The summed E-state index contributed by atoms with van der Waals surface area (Å²) in [6.45, 7) is 1.88. The predicted octanol–water partition coefficient (Wildman–Crippen LogP) is 3.83. The number of imide groups is 1. The summed E-state index contributed by atoms with van der Waals surface area (Å²) in [6, 6.07) is 18.6. The summed E-state index contributed by atoms with van der Waals surface area (Å²) in [6.07, 6.45) is -1.14. The van der Waals surface area contributed by atoms with Crippen LogP contribution in [0.4, 0.5) is 10.1 Å². The van der Waals surface area contributed by atoms with Crippen LogP contribution in [0.2, 0.25) is 0 Å². The van der Waals surface area contributed by atoms with Crippen molar-refractivity contribution in [3.05, 3.63) is 101 Å². The van der Waals surface area contributed by atoms with Crippen LogP contribution in [0, 0.1) is 24.6 Å². The first kappa shape index (κ1) is 20.6. The number of ether oxygens (including phenoxy) is 1. The number of carbonyl (C=O) groups is 4. The number of ketones is 2. The van der Waals surface area contributed by atoms with Crippen molar-refractivity contribution in [2.45, 2.75) is 18.6 Å². The lowest BCUT2D eigenvalue weighted by molar-refractivity contribution is -0.127. The van der Waals surface area contributed by atoms with E-state index in [-0.39, 0.29) is 16.7 Å². The van der Waals surface area contributed by atoms with Gasteiger partial charge in [0.05, 0.1) is 23.6 Å². The van der Waals surface area contributed by atoms with Gasteiger partial charge in [0, 0.05) is 11.1 Å². The Kier molecular flexibility index (Phi) is 4.25. The van der Waals surface area contributed by atoms with Gasteiger partial charge in [0.25, 0.3) is 0 Å². The highest BCUT2D eigenvalue weighted by Gasteiger charge is 2.74. The monoisotopic (exact) mass is 455 g/mol. The summed E-state index contributed by atoms with van der Waals surface area (Å²) < 4.78 is 20.2. The SMILES string of the molecule is Cc1ccc(N2C(=O)[C@@H]3[C@@H](c4cccc(F)c4)OC4(C(=O)c5ccccc5C4=O)[C@H]3C2=O)cc1. The first-order valence-electron chi connectivity index (χ1n) is 10.9. The van der Waals surface area contributed by atoms with E-state index in [2.05, 4.69) is 0 Å². The van der Waals surface area contributed by atoms with Gasteiger partial charge in [-0.25, -0.2) is 9.29 Å². The molecule has 0 radical (unpaired) electrons. The molecule has 0 aromatic heterocycles. The Morgan fingerprint density at radius 1 is 0.824 bits per heavy atom. The quantitative estimate of drug-likeness (QED) is 0.433. The van der Waals surface area contributed by atoms with Crippen LogP contribution in [-0.2, 0) is 14.3 Å². The van der Waals surface area contributed by atoms with Gasteiger partial charge in [-0.2, -0.15) is 0 Å². The molecule has 0 bridgehead atoms. The number of rotatable bonds is 2. The number of aryl methyl sites for hydroxylation is 1. The van der Waals surface area contributed by atoms with Gasteiger partial charge in [-0.15, -0.1) is 0 Å². The molecule has 3 aromatic rings. The molecule has 3 atom stereocenters. The van der Waals surface area contributed by atoms with Crippen LogP contribution < -0.4 is 4.90 Å². The number of halogens is 1. The van der Waals surface area contributed by atoms with Crippen LogP contribution in [0.25, 0.3) is 0 Å². The lowest BCUT2D eigenvalue weighted by Crippen LogP contribution is -2.51. The fraction of sp³-hybridized carbons (Fsp3) is 0.185. The molecule has 2 heterocycles.